The van der Waals surface area contributed by atoms with Crippen LogP contribution in [0.15, 0.2) is 59.1 Å². The van der Waals surface area contributed by atoms with Crippen molar-refractivity contribution in [2.75, 3.05) is 5.32 Å². The van der Waals surface area contributed by atoms with Gasteiger partial charge in [0, 0.05) is 24.1 Å². The Morgan fingerprint density at radius 2 is 2.00 bits per heavy atom. The standard InChI is InChI=1S/C18H13N3O2/c1-11-20-15-10-13(7-8-16(15)23-11)18(22)21-14-6-2-4-12-5-3-9-19-17(12)14/h2-10H,1H3,(H,21,22). The molecule has 0 saturated carbocycles. The minimum Gasteiger partial charge on any atom is -0.441 e. The molecule has 0 radical (unpaired) electrons. The van der Waals surface area contributed by atoms with Crippen LogP contribution in [0.4, 0.5) is 5.69 Å². The summed E-state index contributed by atoms with van der Waals surface area (Å²) in [5.74, 6) is 0.376. The number of pyridine rings is 1. The van der Waals surface area contributed by atoms with E-state index in [2.05, 4.69) is 15.3 Å². The summed E-state index contributed by atoms with van der Waals surface area (Å²) in [5.41, 5.74) is 3.32. The Labute approximate surface area is 132 Å². The van der Waals surface area contributed by atoms with Crippen LogP contribution in [0.5, 0.6) is 0 Å². The average molecular weight is 303 g/mol. The molecule has 5 heteroatoms. The molecule has 0 atom stereocenters. The van der Waals surface area contributed by atoms with Crippen LogP contribution >= 0.6 is 0 Å². The Morgan fingerprint density at radius 1 is 1.13 bits per heavy atom. The van der Waals surface area contributed by atoms with Crippen LogP contribution in [0.25, 0.3) is 22.0 Å². The summed E-state index contributed by atoms with van der Waals surface area (Å²) in [6.45, 7) is 1.78. The maximum absolute atomic E-state index is 12.5. The maximum atomic E-state index is 12.5. The van der Waals surface area contributed by atoms with Gasteiger partial charge in [-0.15, -0.1) is 0 Å². The van der Waals surface area contributed by atoms with Gasteiger partial charge < -0.3 is 9.73 Å². The van der Waals surface area contributed by atoms with Crippen molar-refractivity contribution in [3.8, 4) is 0 Å². The van der Waals surface area contributed by atoms with E-state index < -0.39 is 0 Å². The second kappa shape index (κ2) is 5.21. The smallest absolute Gasteiger partial charge is 0.255 e. The van der Waals surface area contributed by atoms with Gasteiger partial charge in [0.15, 0.2) is 11.5 Å². The topological polar surface area (TPSA) is 68.0 Å². The highest BCUT2D eigenvalue weighted by molar-refractivity contribution is 6.09. The van der Waals surface area contributed by atoms with Crippen molar-refractivity contribution in [3.63, 3.8) is 0 Å². The third kappa shape index (κ3) is 2.42. The SMILES string of the molecule is Cc1nc2cc(C(=O)Nc3cccc4cccnc34)ccc2o1. The highest BCUT2D eigenvalue weighted by Crippen LogP contribution is 2.22. The van der Waals surface area contributed by atoms with Gasteiger partial charge in [0.25, 0.3) is 5.91 Å². The highest BCUT2D eigenvalue weighted by Gasteiger charge is 2.11. The lowest BCUT2D eigenvalue weighted by Crippen LogP contribution is -2.12. The fourth-order valence-corrected chi connectivity index (χ4v) is 2.58. The average Bonchev–Trinajstić information content (AvgIpc) is 2.94. The number of anilines is 1. The number of rotatable bonds is 2. The molecule has 0 saturated heterocycles. The summed E-state index contributed by atoms with van der Waals surface area (Å²) in [6.07, 6.45) is 1.71. The van der Waals surface area contributed by atoms with Gasteiger partial charge >= 0.3 is 0 Å². The van der Waals surface area contributed by atoms with Crippen molar-refractivity contribution in [2.45, 2.75) is 6.92 Å². The fraction of sp³-hybridized carbons (Fsp3) is 0.0556. The molecule has 0 spiro atoms. The molecule has 2 aromatic carbocycles. The molecule has 23 heavy (non-hydrogen) atoms. The normalized spacial score (nSPS) is 11.0. The highest BCUT2D eigenvalue weighted by atomic mass is 16.3. The van der Waals surface area contributed by atoms with Crippen LogP contribution in [0, 0.1) is 6.92 Å². The van der Waals surface area contributed by atoms with Gasteiger partial charge in [-0.3, -0.25) is 9.78 Å². The van der Waals surface area contributed by atoms with E-state index in [9.17, 15) is 4.79 Å². The Bertz CT molecular complexity index is 1030. The lowest BCUT2D eigenvalue weighted by atomic mass is 10.1. The van der Waals surface area contributed by atoms with Crippen LogP contribution < -0.4 is 5.32 Å². The first-order valence-corrected chi connectivity index (χ1v) is 7.23. The van der Waals surface area contributed by atoms with E-state index in [1.165, 1.54) is 0 Å². The molecular formula is C18H13N3O2. The van der Waals surface area contributed by atoms with Crippen molar-refractivity contribution in [1.29, 1.82) is 0 Å². The second-order valence-electron chi connectivity index (χ2n) is 5.25. The summed E-state index contributed by atoms with van der Waals surface area (Å²) in [7, 11) is 0. The number of nitrogens with one attached hydrogen (secondary N) is 1. The molecule has 0 aliphatic carbocycles. The molecule has 112 valence electrons. The first-order valence-electron chi connectivity index (χ1n) is 7.23. The van der Waals surface area contributed by atoms with Gasteiger partial charge in [0.1, 0.15) is 5.52 Å². The summed E-state index contributed by atoms with van der Waals surface area (Å²) < 4.78 is 5.43. The van der Waals surface area contributed by atoms with Crippen LogP contribution in [0.2, 0.25) is 0 Å². The van der Waals surface area contributed by atoms with Gasteiger partial charge in [-0.1, -0.05) is 18.2 Å². The molecule has 0 unspecified atom stereocenters. The quantitative estimate of drug-likeness (QED) is 0.609. The predicted molar refractivity (Wildman–Crippen MR) is 88.4 cm³/mol. The van der Waals surface area contributed by atoms with Crippen molar-refractivity contribution in [2.24, 2.45) is 0 Å². The van der Waals surface area contributed by atoms with Gasteiger partial charge in [0.2, 0.25) is 0 Å². The molecular weight excluding hydrogens is 290 g/mol. The monoisotopic (exact) mass is 303 g/mol. The first-order chi connectivity index (χ1) is 11.2. The minimum absolute atomic E-state index is 0.203. The molecule has 4 rings (SSSR count). The fourth-order valence-electron chi connectivity index (χ4n) is 2.58. The van der Waals surface area contributed by atoms with Gasteiger partial charge in [0.05, 0.1) is 11.2 Å². The zero-order chi connectivity index (χ0) is 15.8. The van der Waals surface area contributed by atoms with E-state index in [1.54, 1.807) is 31.3 Å². The molecule has 0 fully saturated rings. The number of aryl methyl sites for hydroxylation is 1. The molecule has 2 aromatic heterocycles. The van der Waals surface area contributed by atoms with Crippen LogP contribution in [0.3, 0.4) is 0 Å². The Kier molecular flexibility index (Phi) is 3.05. The van der Waals surface area contributed by atoms with E-state index in [4.69, 9.17) is 4.42 Å². The van der Waals surface area contributed by atoms with Gasteiger partial charge in [-0.05, 0) is 30.3 Å². The van der Waals surface area contributed by atoms with Crippen molar-refractivity contribution >= 4 is 33.6 Å². The van der Waals surface area contributed by atoms with Gasteiger partial charge in [-0.25, -0.2) is 4.98 Å². The van der Waals surface area contributed by atoms with Crippen LogP contribution in [-0.4, -0.2) is 15.9 Å². The molecule has 1 amide bonds. The van der Waals surface area contributed by atoms with E-state index >= 15 is 0 Å². The Balaban J connectivity index is 1.70. The largest absolute Gasteiger partial charge is 0.441 e. The molecule has 5 nitrogen and oxygen atoms in total. The van der Waals surface area contributed by atoms with Crippen LogP contribution in [-0.2, 0) is 0 Å². The summed E-state index contributed by atoms with van der Waals surface area (Å²) in [5, 5.41) is 3.89. The zero-order valence-electron chi connectivity index (χ0n) is 12.4. The lowest BCUT2D eigenvalue weighted by Gasteiger charge is -2.07. The van der Waals surface area contributed by atoms with Crippen molar-refractivity contribution < 1.29 is 9.21 Å². The Morgan fingerprint density at radius 3 is 2.91 bits per heavy atom. The van der Waals surface area contributed by atoms with E-state index in [0.717, 1.165) is 10.9 Å². The molecule has 0 aliphatic rings. The number of benzene rings is 2. The molecule has 2 heterocycles. The zero-order valence-corrected chi connectivity index (χ0v) is 12.4. The molecule has 1 N–H and O–H groups in total. The summed E-state index contributed by atoms with van der Waals surface area (Å²) in [4.78, 5) is 21.1. The number of carbonyl (C=O) groups excluding carboxylic acids is 1. The first kappa shape index (κ1) is 13.5. The number of hydrogen-bond donors (Lipinski definition) is 1. The molecule has 0 bridgehead atoms. The number of carbonyl (C=O) groups is 1. The van der Waals surface area contributed by atoms with E-state index in [1.807, 2.05) is 30.3 Å². The number of para-hydroxylation sites is 1. The summed E-state index contributed by atoms with van der Waals surface area (Å²) in [6, 6.07) is 14.7. The lowest BCUT2D eigenvalue weighted by molar-refractivity contribution is 0.102. The van der Waals surface area contributed by atoms with Crippen molar-refractivity contribution in [3.05, 3.63) is 66.2 Å². The molecule has 4 aromatic rings. The minimum atomic E-state index is -0.203. The third-order valence-electron chi connectivity index (χ3n) is 3.64. The van der Waals surface area contributed by atoms with Crippen molar-refractivity contribution in [1.82, 2.24) is 9.97 Å². The molecule has 0 aliphatic heterocycles. The Hall–Kier alpha value is -3.21. The number of hydrogen-bond acceptors (Lipinski definition) is 4. The number of amides is 1. The third-order valence-corrected chi connectivity index (χ3v) is 3.64. The van der Waals surface area contributed by atoms with E-state index in [-0.39, 0.29) is 5.91 Å². The number of oxazole rings is 1. The van der Waals surface area contributed by atoms with Gasteiger partial charge in [-0.2, -0.15) is 0 Å². The van der Waals surface area contributed by atoms with Crippen LogP contribution in [0.1, 0.15) is 16.2 Å². The predicted octanol–water partition coefficient (Wildman–Crippen LogP) is 3.94. The maximum Gasteiger partial charge on any atom is 0.255 e. The summed E-state index contributed by atoms with van der Waals surface area (Å²) >= 11 is 0. The second-order valence-corrected chi connectivity index (χ2v) is 5.25. The number of fused-ring (bicyclic) bond motifs is 2. The van der Waals surface area contributed by atoms with E-state index in [0.29, 0.717) is 28.2 Å². The number of nitrogens with zero attached hydrogens (tertiary/aromatic N) is 2. The number of aromatic nitrogens is 2.